The van der Waals surface area contributed by atoms with Crippen molar-refractivity contribution in [2.24, 2.45) is 5.92 Å². The number of nitrogens with zero attached hydrogens (tertiary/aromatic N) is 2. The fourth-order valence-corrected chi connectivity index (χ4v) is 2.32. The zero-order valence-corrected chi connectivity index (χ0v) is 13.9. The summed E-state index contributed by atoms with van der Waals surface area (Å²) in [7, 11) is 2.17. The van der Waals surface area contributed by atoms with E-state index in [1.807, 2.05) is 6.07 Å². The van der Waals surface area contributed by atoms with E-state index in [-0.39, 0.29) is 0 Å². The highest BCUT2D eigenvalue weighted by molar-refractivity contribution is 5.24. The van der Waals surface area contributed by atoms with Gasteiger partial charge in [-0.3, -0.25) is 0 Å². The maximum absolute atomic E-state index is 5.76. The van der Waals surface area contributed by atoms with Crippen molar-refractivity contribution in [3.8, 4) is 5.88 Å². The molecule has 1 aromatic heterocycles. The molecule has 1 heterocycles. The largest absolute Gasteiger partial charge is 0.476 e. The lowest BCUT2D eigenvalue weighted by Crippen LogP contribution is -2.26. The molecule has 0 spiro atoms. The third-order valence-electron chi connectivity index (χ3n) is 3.90. The van der Waals surface area contributed by atoms with E-state index >= 15 is 0 Å². The molecule has 0 saturated heterocycles. The first kappa shape index (κ1) is 16.2. The molecule has 21 heavy (non-hydrogen) atoms. The number of hydrogen-bond donors (Lipinski definition) is 1. The second-order valence-corrected chi connectivity index (χ2v) is 6.48. The molecule has 0 unspecified atom stereocenters. The second kappa shape index (κ2) is 7.76. The standard InChI is InChI=1S/C17H29N3O/c1-13(2)11-18-12-15-5-8-17(19-14(15)3)21-10-9-20(4)16-6-7-16/h5,8,13,16,18H,6-7,9-12H2,1-4H3. The van der Waals surface area contributed by atoms with E-state index in [4.69, 9.17) is 4.74 Å². The van der Waals surface area contributed by atoms with Crippen LogP contribution in [0.25, 0.3) is 0 Å². The summed E-state index contributed by atoms with van der Waals surface area (Å²) in [5.41, 5.74) is 2.30. The highest BCUT2D eigenvalue weighted by Crippen LogP contribution is 2.24. The Bertz CT molecular complexity index is 444. The van der Waals surface area contributed by atoms with Gasteiger partial charge in [-0.1, -0.05) is 19.9 Å². The average Bonchev–Trinajstić information content (AvgIpc) is 3.25. The molecule has 4 nitrogen and oxygen atoms in total. The van der Waals surface area contributed by atoms with Crippen molar-refractivity contribution in [2.45, 2.75) is 46.2 Å². The third-order valence-corrected chi connectivity index (χ3v) is 3.90. The lowest BCUT2D eigenvalue weighted by molar-refractivity contribution is 0.226. The Labute approximate surface area is 128 Å². The summed E-state index contributed by atoms with van der Waals surface area (Å²) in [6.07, 6.45) is 2.68. The topological polar surface area (TPSA) is 37.4 Å². The lowest BCUT2D eigenvalue weighted by Gasteiger charge is -2.16. The van der Waals surface area contributed by atoms with Gasteiger partial charge in [0.15, 0.2) is 0 Å². The summed E-state index contributed by atoms with van der Waals surface area (Å²) >= 11 is 0. The van der Waals surface area contributed by atoms with Crippen LogP contribution < -0.4 is 10.1 Å². The van der Waals surface area contributed by atoms with Gasteiger partial charge < -0.3 is 15.0 Å². The summed E-state index contributed by atoms with van der Waals surface area (Å²) < 4.78 is 5.76. The van der Waals surface area contributed by atoms with E-state index in [2.05, 4.69) is 49.1 Å². The first-order chi connectivity index (χ1) is 10.1. The minimum atomic E-state index is 0.671. The number of pyridine rings is 1. The number of rotatable bonds is 9. The molecule has 0 bridgehead atoms. The molecule has 1 N–H and O–H groups in total. The third kappa shape index (κ3) is 5.64. The molecule has 1 aromatic rings. The maximum Gasteiger partial charge on any atom is 0.213 e. The van der Waals surface area contributed by atoms with E-state index in [9.17, 15) is 0 Å². The van der Waals surface area contributed by atoms with Gasteiger partial charge in [0.2, 0.25) is 5.88 Å². The normalized spacial score (nSPS) is 15.0. The number of nitrogens with one attached hydrogen (secondary N) is 1. The quantitative estimate of drug-likeness (QED) is 0.759. The van der Waals surface area contributed by atoms with Gasteiger partial charge in [0, 0.05) is 30.9 Å². The molecule has 1 aliphatic carbocycles. The summed E-state index contributed by atoms with van der Waals surface area (Å²) in [6, 6.07) is 4.89. The van der Waals surface area contributed by atoms with Crippen molar-refractivity contribution < 1.29 is 4.74 Å². The van der Waals surface area contributed by atoms with Gasteiger partial charge in [-0.15, -0.1) is 0 Å². The molecule has 2 rings (SSSR count). The monoisotopic (exact) mass is 291 g/mol. The molecule has 4 heteroatoms. The second-order valence-electron chi connectivity index (χ2n) is 6.48. The Kier molecular flexibility index (Phi) is 6.00. The van der Waals surface area contributed by atoms with Crippen LogP contribution in [0.15, 0.2) is 12.1 Å². The molecule has 0 aliphatic heterocycles. The van der Waals surface area contributed by atoms with E-state index in [0.717, 1.165) is 37.3 Å². The van der Waals surface area contributed by atoms with Gasteiger partial charge in [0.1, 0.15) is 6.61 Å². The van der Waals surface area contributed by atoms with Crippen molar-refractivity contribution in [1.29, 1.82) is 0 Å². The van der Waals surface area contributed by atoms with Crippen LogP contribution in [0.5, 0.6) is 5.88 Å². The first-order valence-corrected chi connectivity index (χ1v) is 8.06. The molecular formula is C17H29N3O. The predicted molar refractivity (Wildman–Crippen MR) is 86.7 cm³/mol. The van der Waals surface area contributed by atoms with Crippen LogP contribution >= 0.6 is 0 Å². The molecule has 1 fully saturated rings. The van der Waals surface area contributed by atoms with Crippen LogP contribution in [0.3, 0.4) is 0 Å². The minimum absolute atomic E-state index is 0.671. The van der Waals surface area contributed by atoms with E-state index in [1.165, 1.54) is 18.4 Å². The Hall–Kier alpha value is -1.13. The van der Waals surface area contributed by atoms with Crippen molar-refractivity contribution >= 4 is 0 Å². The Balaban J connectivity index is 1.75. The number of likely N-dealkylation sites (N-methyl/N-ethyl adjacent to an activating group) is 1. The van der Waals surface area contributed by atoms with Crippen LogP contribution in [0.2, 0.25) is 0 Å². The molecule has 0 atom stereocenters. The van der Waals surface area contributed by atoms with Crippen LogP contribution in [0.1, 0.15) is 37.9 Å². The Morgan fingerprint density at radius 3 is 2.76 bits per heavy atom. The summed E-state index contributed by atoms with van der Waals surface area (Å²) in [4.78, 5) is 6.92. The van der Waals surface area contributed by atoms with Crippen molar-refractivity contribution in [1.82, 2.24) is 15.2 Å². The number of aromatic nitrogens is 1. The lowest BCUT2D eigenvalue weighted by atomic mass is 10.2. The van der Waals surface area contributed by atoms with Crippen LogP contribution in [-0.2, 0) is 6.54 Å². The molecule has 1 saturated carbocycles. The fraction of sp³-hybridized carbons (Fsp3) is 0.706. The number of aryl methyl sites for hydroxylation is 1. The van der Waals surface area contributed by atoms with E-state index in [1.54, 1.807) is 0 Å². The van der Waals surface area contributed by atoms with Crippen LogP contribution in [0, 0.1) is 12.8 Å². The van der Waals surface area contributed by atoms with Gasteiger partial charge in [0.25, 0.3) is 0 Å². The first-order valence-electron chi connectivity index (χ1n) is 8.06. The molecular weight excluding hydrogens is 262 g/mol. The van der Waals surface area contributed by atoms with Crippen molar-refractivity contribution in [3.05, 3.63) is 23.4 Å². The molecule has 0 aromatic carbocycles. The molecule has 1 aliphatic rings. The highest BCUT2D eigenvalue weighted by Gasteiger charge is 2.25. The zero-order chi connectivity index (χ0) is 15.2. The fourth-order valence-electron chi connectivity index (χ4n) is 2.32. The van der Waals surface area contributed by atoms with Crippen LogP contribution in [-0.4, -0.2) is 42.7 Å². The maximum atomic E-state index is 5.76. The van der Waals surface area contributed by atoms with E-state index in [0.29, 0.717) is 12.5 Å². The highest BCUT2D eigenvalue weighted by atomic mass is 16.5. The number of hydrogen-bond acceptors (Lipinski definition) is 4. The SMILES string of the molecule is Cc1nc(OCCN(C)C2CC2)ccc1CNCC(C)C. The predicted octanol–water partition coefficient (Wildman–Crippen LogP) is 2.61. The number of ether oxygens (including phenoxy) is 1. The average molecular weight is 291 g/mol. The summed E-state index contributed by atoms with van der Waals surface area (Å²) in [6.45, 7) is 10.1. The van der Waals surface area contributed by atoms with Gasteiger partial charge in [0.05, 0.1) is 0 Å². The van der Waals surface area contributed by atoms with Crippen molar-refractivity contribution in [3.63, 3.8) is 0 Å². The van der Waals surface area contributed by atoms with Gasteiger partial charge >= 0.3 is 0 Å². The molecule has 0 radical (unpaired) electrons. The summed E-state index contributed by atoms with van der Waals surface area (Å²) in [5.74, 6) is 1.41. The van der Waals surface area contributed by atoms with Crippen molar-refractivity contribution in [2.75, 3.05) is 26.7 Å². The Morgan fingerprint density at radius 2 is 2.14 bits per heavy atom. The van der Waals surface area contributed by atoms with E-state index < -0.39 is 0 Å². The molecule has 0 amide bonds. The molecule has 118 valence electrons. The van der Waals surface area contributed by atoms with Gasteiger partial charge in [-0.25, -0.2) is 4.98 Å². The van der Waals surface area contributed by atoms with Gasteiger partial charge in [-0.2, -0.15) is 0 Å². The summed E-state index contributed by atoms with van der Waals surface area (Å²) in [5, 5.41) is 3.45. The van der Waals surface area contributed by atoms with Gasteiger partial charge in [-0.05, 0) is 44.8 Å². The Morgan fingerprint density at radius 1 is 1.38 bits per heavy atom. The zero-order valence-electron chi connectivity index (χ0n) is 13.9. The smallest absolute Gasteiger partial charge is 0.213 e. The minimum Gasteiger partial charge on any atom is -0.476 e. The van der Waals surface area contributed by atoms with Crippen LogP contribution in [0.4, 0.5) is 0 Å².